The molecule has 11 heteroatoms. The van der Waals surface area contributed by atoms with Gasteiger partial charge in [0, 0.05) is 28.8 Å². The van der Waals surface area contributed by atoms with Crippen LogP contribution in [0.25, 0.3) is 11.8 Å². The molecule has 4 aromatic rings. The molecule has 0 fully saturated rings. The zero-order chi connectivity index (χ0) is 27.6. The third-order valence-electron chi connectivity index (χ3n) is 5.58. The van der Waals surface area contributed by atoms with Crippen molar-refractivity contribution in [2.45, 2.75) is 19.4 Å². The van der Waals surface area contributed by atoms with Crippen molar-refractivity contribution < 1.29 is 19.1 Å². The number of carbonyl (C=O) groups excluding carboxylic acids is 3. The second kappa shape index (κ2) is 13.1. The SMILES string of the molecule is CCOC(=O)c1ccc(NC(=O)[C@H](Cc2ccccc2)NC(=O)/C=C/c2cc(Cl)ccc2-n2cnnn2)cc1. The number of amides is 2. The molecule has 10 nitrogen and oxygen atoms in total. The van der Waals surface area contributed by atoms with Gasteiger partial charge in [-0.1, -0.05) is 41.9 Å². The number of aromatic nitrogens is 4. The van der Waals surface area contributed by atoms with Gasteiger partial charge in [0.2, 0.25) is 11.8 Å². The summed E-state index contributed by atoms with van der Waals surface area (Å²) in [6.07, 6.45) is 4.59. The Hall–Kier alpha value is -4.83. The maximum atomic E-state index is 13.2. The van der Waals surface area contributed by atoms with E-state index >= 15 is 0 Å². The Morgan fingerprint density at radius 3 is 2.51 bits per heavy atom. The minimum Gasteiger partial charge on any atom is -0.462 e. The number of benzene rings is 3. The minimum atomic E-state index is -0.882. The standard InChI is InChI=1S/C28H25ClN6O4/c1-2-39-28(38)20-8-12-23(13-9-20)31-27(37)24(16-19-6-4-3-5-7-19)32-26(36)15-10-21-17-22(29)11-14-25(21)35-18-30-33-34-35/h3-15,17-18,24H,2,16H2,1H3,(H,31,37)(H,32,36)/b15-10+/t24-/m0/s1. The van der Waals surface area contributed by atoms with Gasteiger partial charge in [-0.3, -0.25) is 9.59 Å². The maximum Gasteiger partial charge on any atom is 0.338 e. The topological polar surface area (TPSA) is 128 Å². The lowest BCUT2D eigenvalue weighted by atomic mass is 10.0. The number of carbonyl (C=O) groups is 3. The van der Waals surface area contributed by atoms with E-state index in [0.717, 1.165) is 5.56 Å². The van der Waals surface area contributed by atoms with E-state index in [0.29, 0.717) is 27.5 Å². The molecule has 4 rings (SSSR count). The molecule has 0 aliphatic heterocycles. The first-order chi connectivity index (χ1) is 18.9. The van der Waals surface area contributed by atoms with Crippen LogP contribution >= 0.6 is 11.6 Å². The average Bonchev–Trinajstić information content (AvgIpc) is 3.47. The number of nitrogens with one attached hydrogen (secondary N) is 2. The summed E-state index contributed by atoms with van der Waals surface area (Å²) in [4.78, 5) is 38.0. The predicted octanol–water partition coefficient (Wildman–Crippen LogP) is 3.87. The molecule has 3 aromatic carbocycles. The normalized spacial score (nSPS) is 11.6. The van der Waals surface area contributed by atoms with Crippen molar-refractivity contribution in [1.29, 1.82) is 0 Å². The number of halogens is 1. The van der Waals surface area contributed by atoms with E-state index in [1.165, 1.54) is 17.1 Å². The lowest BCUT2D eigenvalue weighted by molar-refractivity contribution is -0.123. The van der Waals surface area contributed by atoms with Gasteiger partial charge in [-0.25, -0.2) is 4.79 Å². The van der Waals surface area contributed by atoms with Gasteiger partial charge in [0.25, 0.3) is 0 Å². The van der Waals surface area contributed by atoms with E-state index in [4.69, 9.17) is 16.3 Å². The van der Waals surface area contributed by atoms with Crippen LogP contribution in [0.4, 0.5) is 5.69 Å². The van der Waals surface area contributed by atoms with Crippen molar-refractivity contribution in [2.75, 3.05) is 11.9 Å². The van der Waals surface area contributed by atoms with E-state index in [2.05, 4.69) is 26.2 Å². The summed E-state index contributed by atoms with van der Waals surface area (Å²) in [6, 6.07) is 19.9. The fraction of sp³-hybridized carbons (Fsp3) is 0.143. The van der Waals surface area contributed by atoms with E-state index in [1.54, 1.807) is 55.5 Å². The Bertz CT molecular complexity index is 1460. The molecule has 39 heavy (non-hydrogen) atoms. The highest BCUT2D eigenvalue weighted by Crippen LogP contribution is 2.20. The fourth-order valence-corrected chi connectivity index (χ4v) is 3.90. The van der Waals surface area contributed by atoms with Gasteiger partial charge < -0.3 is 15.4 Å². The Balaban J connectivity index is 1.50. The summed E-state index contributed by atoms with van der Waals surface area (Å²) in [7, 11) is 0. The molecule has 1 atom stereocenters. The predicted molar refractivity (Wildman–Crippen MR) is 146 cm³/mol. The van der Waals surface area contributed by atoms with Crippen LogP contribution in [-0.2, 0) is 20.7 Å². The number of nitrogens with zero attached hydrogens (tertiary/aromatic N) is 4. The van der Waals surface area contributed by atoms with Crippen molar-refractivity contribution >= 4 is 41.1 Å². The lowest BCUT2D eigenvalue weighted by Gasteiger charge is -2.18. The molecule has 198 valence electrons. The highest BCUT2D eigenvalue weighted by molar-refractivity contribution is 6.30. The van der Waals surface area contributed by atoms with Crippen LogP contribution in [0.3, 0.4) is 0 Å². The van der Waals surface area contributed by atoms with Crippen molar-refractivity contribution in [3.8, 4) is 5.69 Å². The maximum absolute atomic E-state index is 13.2. The molecule has 2 N–H and O–H groups in total. The molecule has 0 saturated carbocycles. The molecule has 1 aromatic heterocycles. The minimum absolute atomic E-state index is 0.264. The van der Waals surface area contributed by atoms with Crippen LogP contribution in [0.5, 0.6) is 0 Å². The summed E-state index contributed by atoms with van der Waals surface area (Å²) in [5.74, 6) is -1.34. The summed E-state index contributed by atoms with van der Waals surface area (Å²) < 4.78 is 6.44. The molecule has 1 heterocycles. The summed E-state index contributed by atoms with van der Waals surface area (Å²) >= 11 is 6.16. The molecule has 0 unspecified atom stereocenters. The quantitative estimate of drug-likeness (QED) is 0.229. The van der Waals surface area contributed by atoms with Gasteiger partial charge in [-0.15, -0.1) is 5.10 Å². The molecule has 0 bridgehead atoms. The Morgan fingerprint density at radius 1 is 1.05 bits per heavy atom. The van der Waals surface area contributed by atoms with Crippen LogP contribution in [0.2, 0.25) is 5.02 Å². The highest BCUT2D eigenvalue weighted by atomic mass is 35.5. The third kappa shape index (κ3) is 7.59. The van der Waals surface area contributed by atoms with Crippen LogP contribution in [-0.4, -0.2) is 50.6 Å². The zero-order valence-corrected chi connectivity index (χ0v) is 21.7. The highest BCUT2D eigenvalue weighted by Gasteiger charge is 2.21. The van der Waals surface area contributed by atoms with Crippen LogP contribution in [0.15, 0.2) is 85.2 Å². The third-order valence-corrected chi connectivity index (χ3v) is 5.81. The number of esters is 1. The van der Waals surface area contributed by atoms with Gasteiger partial charge in [-0.2, -0.15) is 4.68 Å². The second-order valence-corrected chi connectivity index (χ2v) is 8.77. The van der Waals surface area contributed by atoms with Crippen molar-refractivity contribution in [3.63, 3.8) is 0 Å². The largest absolute Gasteiger partial charge is 0.462 e. The van der Waals surface area contributed by atoms with Crippen molar-refractivity contribution in [2.24, 2.45) is 0 Å². The van der Waals surface area contributed by atoms with Crippen molar-refractivity contribution in [1.82, 2.24) is 25.5 Å². The molecule has 0 spiro atoms. The smallest absolute Gasteiger partial charge is 0.338 e. The number of rotatable bonds is 10. The first-order valence-corrected chi connectivity index (χ1v) is 12.4. The molecule has 0 aliphatic rings. The van der Waals surface area contributed by atoms with Crippen LogP contribution in [0.1, 0.15) is 28.4 Å². The van der Waals surface area contributed by atoms with Gasteiger partial charge >= 0.3 is 5.97 Å². The summed E-state index contributed by atoms with van der Waals surface area (Å²) in [6.45, 7) is 1.99. The van der Waals surface area contributed by atoms with E-state index < -0.39 is 23.8 Å². The number of hydrogen-bond acceptors (Lipinski definition) is 7. The Kier molecular flexibility index (Phi) is 9.15. The zero-order valence-electron chi connectivity index (χ0n) is 21.0. The Morgan fingerprint density at radius 2 is 1.82 bits per heavy atom. The van der Waals surface area contributed by atoms with Gasteiger partial charge in [-0.05, 0) is 71.5 Å². The van der Waals surface area contributed by atoms with E-state index in [-0.39, 0.29) is 13.0 Å². The molecule has 0 aliphatic carbocycles. The number of hydrogen-bond donors (Lipinski definition) is 2. The van der Waals surface area contributed by atoms with Crippen LogP contribution < -0.4 is 10.6 Å². The van der Waals surface area contributed by atoms with E-state index in [1.807, 2.05) is 30.3 Å². The average molecular weight is 545 g/mol. The number of tetrazole rings is 1. The van der Waals surface area contributed by atoms with Gasteiger partial charge in [0.1, 0.15) is 12.4 Å². The summed E-state index contributed by atoms with van der Waals surface area (Å²) in [5.41, 5.74) is 2.95. The Labute approximate surface area is 229 Å². The molecular weight excluding hydrogens is 520 g/mol. The first kappa shape index (κ1) is 27.2. The monoisotopic (exact) mass is 544 g/mol. The number of ether oxygens (including phenoxy) is 1. The van der Waals surface area contributed by atoms with E-state index in [9.17, 15) is 14.4 Å². The number of anilines is 1. The molecule has 0 radical (unpaired) electrons. The fourth-order valence-electron chi connectivity index (χ4n) is 3.72. The molecular formula is C28H25ClN6O4. The van der Waals surface area contributed by atoms with Crippen molar-refractivity contribution in [3.05, 3.63) is 107 Å². The second-order valence-electron chi connectivity index (χ2n) is 8.33. The lowest BCUT2D eigenvalue weighted by Crippen LogP contribution is -2.44. The molecule has 0 saturated heterocycles. The van der Waals surface area contributed by atoms with Gasteiger partial charge in [0.15, 0.2) is 0 Å². The molecule has 2 amide bonds. The first-order valence-electron chi connectivity index (χ1n) is 12.1. The van der Waals surface area contributed by atoms with Crippen LogP contribution in [0, 0.1) is 0 Å². The van der Waals surface area contributed by atoms with Gasteiger partial charge in [0.05, 0.1) is 17.9 Å². The summed E-state index contributed by atoms with van der Waals surface area (Å²) in [5, 5.41) is 17.2.